The minimum Gasteiger partial charge on any atom is -0.494 e. The minimum absolute atomic E-state index is 0.188. The van der Waals surface area contributed by atoms with Gasteiger partial charge in [-0.2, -0.15) is 0 Å². The predicted octanol–water partition coefficient (Wildman–Crippen LogP) is 4.44. The third-order valence-corrected chi connectivity index (χ3v) is 4.42. The van der Waals surface area contributed by atoms with Gasteiger partial charge in [-0.15, -0.1) is 0 Å². The maximum Gasteiger partial charge on any atom is 0.165 e. The maximum atomic E-state index is 13.7. The molecule has 1 unspecified atom stereocenters. The van der Waals surface area contributed by atoms with Gasteiger partial charge in [0.15, 0.2) is 11.6 Å². The number of hydrogen-bond acceptors (Lipinski definition) is 2. The molecule has 2 rings (SSSR count). The lowest BCUT2D eigenvalue weighted by Gasteiger charge is -2.15. The van der Waals surface area contributed by atoms with E-state index in [2.05, 4.69) is 38.5 Å². The van der Waals surface area contributed by atoms with Crippen LogP contribution >= 0.6 is 38.5 Å². The number of halogens is 3. The molecule has 20 heavy (non-hydrogen) atoms. The fraction of sp³-hybridized carbons (Fsp3) is 0.200. The normalized spacial score (nSPS) is 12.2. The summed E-state index contributed by atoms with van der Waals surface area (Å²) in [4.78, 5) is 0. The summed E-state index contributed by atoms with van der Waals surface area (Å²) in [6.45, 7) is 0. The van der Waals surface area contributed by atoms with Crippen molar-refractivity contribution in [1.82, 2.24) is 0 Å². The molecule has 5 heteroatoms. The highest BCUT2D eigenvalue weighted by Gasteiger charge is 2.13. The lowest BCUT2D eigenvalue weighted by atomic mass is 9.99. The molecular formula is C15H14BrFINO. The lowest BCUT2D eigenvalue weighted by Crippen LogP contribution is -2.14. The highest BCUT2D eigenvalue weighted by atomic mass is 127. The molecule has 0 bridgehead atoms. The number of benzene rings is 2. The summed E-state index contributed by atoms with van der Waals surface area (Å²) in [5, 5.41) is 0. The van der Waals surface area contributed by atoms with Crippen LogP contribution in [0.4, 0.5) is 4.39 Å². The first kappa shape index (κ1) is 15.7. The number of hydrogen-bond donors (Lipinski definition) is 1. The predicted molar refractivity (Wildman–Crippen MR) is 90.4 cm³/mol. The summed E-state index contributed by atoms with van der Waals surface area (Å²) in [6.07, 6.45) is 0.569. The fourth-order valence-electron chi connectivity index (χ4n) is 2.00. The largest absolute Gasteiger partial charge is 0.494 e. The molecule has 0 aliphatic carbocycles. The van der Waals surface area contributed by atoms with Crippen LogP contribution in [0, 0.1) is 9.39 Å². The third-order valence-electron chi connectivity index (χ3n) is 3.03. The quantitative estimate of drug-likeness (QED) is 0.700. The fourth-order valence-corrected chi connectivity index (χ4v) is 3.06. The molecule has 0 fully saturated rings. The Bertz CT molecular complexity index is 621. The minimum atomic E-state index is -0.362. The van der Waals surface area contributed by atoms with Crippen molar-refractivity contribution in [2.75, 3.05) is 7.11 Å². The van der Waals surface area contributed by atoms with E-state index in [0.29, 0.717) is 6.42 Å². The zero-order valence-corrected chi connectivity index (χ0v) is 14.6. The number of methoxy groups -OCH3 is 1. The Balaban J connectivity index is 2.21. The van der Waals surface area contributed by atoms with Gasteiger partial charge in [0.25, 0.3) is 0 Å². The molecule has 2 nitrogen and oxygen atoms in total. The van der Waals surface area contributed by atoms with Gasteiger partial charge in [0, 0.05) is 14.1 Å². The van der Waals surface area contributed by atoms with Crippen LogP contribution < -0.4 is 10.5 Å². The highest BCUT2D eigenvalue weighted by Crippen LogP contribution is 2.27. The van der Waals surface area contributed by atoms with Crippen LogP contribution in [0.15, 0.2) is 40.9 Å². The monoisotopic (exact) mass is 449 g/mol. The van der Waals surface area contributed by atoms with Gasteiger partial charge in [0.1, 0.15) is 0 Å². The molecule has 2 aromatic rings. The summed E-state index contributed by atoms with van der Waals surface area (Å²) < 4.78 is 20.7. The van der Waals surface area contributed by atoms with E-state index in [4.69, 9.17) is 10.5 Å². The molecule has 2 aromatic carbocycles. The zero-order valence-electron chi connectivity index (χ0n) is 10.9. The lowest BCUT2D eigenvalue weighted by molar-refractivity contribution is 0.386. The van der Waals surface area contributed by atoms with Crippen molar-refractivity contribution in [2.24, 2.45) is 5.73 Å². The molecule has 106 valence electrons. The second kappa shape index (κ2) is 6.87. The molecule has 0 aliphatic heterocycles. The average Bonchev–Trinajstić information content (AvgIpc) is 2.41. The van der Waals surface area contributed by atoms with Gasteiger partial charge in [0.2, 0.25) is 0 Å². The standard InChI is InChI=1S/C15H14BrFINO/c1-20-15-5-2-9(6-13(15)17)7-14(19)11-8-10(18)3-4-12(11)16/h2-6,8,14H,7,19H2,1H3. The molecular weight excluding hydrogens is 436 g/mol. The summed E-state index contributed by atoms with van der Waals surface area (Å²) >= 11 is 5.75. The van der Waals surface area contributed by atoms with Crippen LogP contribution in [0.5, 0.6) is 5.75 Å². The number of nitrogens with two attached hydrogens (primary N) is 1. The molecule has 0 aromatic heterocycles. The second-order valence-electron chi connectivity index (χ2n) is 4.45. The van der Waals surface area contributed by atoms with E-state index in [1.807, 2.05) is 24.3 Å². The topological polar surface area (TPSA) is 35.2 Å². The molecule has 0 spiro atoms. The van der Waals surface area contributed by atoms with E-state index in [9.17, 15) is 4.39 Å². The van der Waals surface area contributed by atoms with Crippen LogP contribution in [-0.4, -0.2) is 7.11 Å². The van der Waals surface area contributed by atoms with Crippen LogP contribution in [0.3, 0.4) is 0 Å². The van der Waals surface area contributed by atoms with Crippen LogP contribution in [0.2, 0.25) is 0 Å². The maximum absolute atomic E-state index is 13.7. The van der Waals surface area contributed by atoms with Crippen molar-refractivity contribution < 1.29 is 9.13 Å². The number of rotatable bonds is 4. The Kier molecular flexibility index (Phi) is 5.40. The molecule has 1 atom stereocenters. The Morgan fingerprint density at radius 1 is 1.30 bits per heavy atom. The van der Waals surface area contributed by atoms with Gasteiger partial charge in [-0.3, -0.25) is 0 Å². The van der Waals surface area contributed by atoms with E-state index < -0.39 is 0 Å². The molecule has 0 heterocycles. The first-order valence-corrected chi connectivity index (χ1v) is 7.91. The zero-order chi connectivity index (χ0) is 14.7. The van der Waals surface area contributed by atoms with E-state index >= 15 is 0 Å². The van der Waals surface area contributed by atoms with Gasteiger partial charge in [-0.05, 0) is 70.5 Å². The summed E-state index contributed by atoms with van der Waals surface area (Å²) in [5.41, 5.74) is 8.10. The van der Waals surface area contributed by atoms with Crippen LogP contribution in [-0.2, 0) is 6.42 Å². The average molecular weight is 450 g/mol. The van der Waals surface area contributed by atoms with Crippen molar-refractivity contribution in [3.63, 3.8) is 0 Å². The van der Waals surface area contributed by atoms with Crippen molar-refractivity contribution in [3.8, 4) is 5.75 Å². The van der Waals surface area contributed by atoms with Crippen LogP contribution in [0.1, 0.15) is 17.2 Å². The Labute approximate surface area is 139 Å². The first-order valence-electron chi connectivity index (χ1n) is 6.04. The van der Waals surface area contributed by atoms with Crippen molar-refractivity contribution in [2.45, 2.75) is 12.5 Å². The summed E-state index contributed by atoms with van der Waals surface area (Å²) in [7, 11) is 1.45. The van der Waals surface area contributed by atoms with Gasteiger partial charge < -0.3 is 10.5 Å². The van der Waals surface area contributed by atoms with E-state index in [1.165, 1.54) is 13.2 Å². The summed E-state index contributed by atoms with van der Waals surface area (Å²) in [5.74, 6) is -0.114. The van der Waals surface area contributed by atoms with Gasteiger partial charge in [-0.1, -0.05) is 22.0 Å². The van der Waals surface area contributed by atoms with Crippen LogP contribution in [0.25, 0.3) is 0 Å². The van der Waals surface area contributed by atoms with Gasteiger partial charge in [0.05, 0.1) is 7.11 Å². The van der Waals surface area contributed by atoms with Crippen molar-refractivity contribution >= 4 is 38.5 Å². The number of ether oxygens (including phenoxy) is 1. The highest BCUT2D eigenvalue weighted by molar-refractivity contribution is 14.1. The Morgan fingerprint density at radius 2 is 2.05 bits per heavy atom. The molecule has 2 N–H and O–H groups in total. The summed E-state index contributed by atoms with van der Waals surface area (Å²) in [6, 6.07) is 10.8. The van der Waals surface area contributed by atoms with Gasteiger partial charge >= 0.3 is 0 Å². The third kappa shape index (κ3) is 3.71. The second-order valence-corrected chi connectivity index (χ2v) is 6.55. The SMILES string of the molecule is COc1ccc(CC(N)c2cc(I)ccc2Br)cc1F. The van der Waals surface area contributed by atoms with E-state index in [0.717, 1.165) is 19.2 Å². The molecule has 0 aliphatic rings. The van der Waals surface area contributed by atoms with E-state index in [-0.39, 0.29) is 17.6 Å². The molecule has 0 amide bonds. The molecule has 0 radical (unpaired) electrons. The molecule has 0 saturated carbocycles. The van der Waals surface area contributed by atoms with E-state index in [1.54, 1.807) is 6.07 Å². The smallest absolute Gasteiger partial charge is 0.165 e. The first-order chi connectivity index (χ1) is 9.51. The Hall–Kier alpha value is -0.660. The van der Waals surface area contributed by atoms with Gasteiger partial charge in [-0.25, -0.2) is 4.39 Å². The van der Waals surface area contributed by atoms with Crippen molar-refractivity contribution in [1.29, 1.82) is 0 Å². The molecule has 0 saturated heterocycles. The van der Waals surface area contributed by atoms with Crippen molar-refractivity contribution in [3.05, 3.63) is 61.4 Å². The Morgan fingerprint density at radius 3 is 2.70 bits per heavy atom.